The maximum atomic E-state index is 2.58. The summed E-state index contributed by atoms with van der Waals surface area (Å²) in [4.78, 5) is 5.16. The van der Waals surface area contributed by atoms with E-state index in [0.717, 1.165) is 12.6 Å². The van der Waals surface area contributed by atoms with Crippen LogP contribution in [-0.4, -0.2) is 42.0 Å². The predicted molar refractivity (Wildman–Crippen MR) is 70.9 cm³/mol. The summed E-state index contributed by atoms with van der Waals surface area (Å²) in [5, 5.41) is 0. The third kappa shape index (κ3) is 2.12. The van der Waals surface area contributed by atoms with Crippen LogP contribution in [-0.2, 0) is 6.54 Å². The van der Waals surface area contributed by atoms with Crippen LogP contribution in [0.3, 0.4) is 0 Å². The Hall–Kier alpha value is -0.860. The molecule has 2 fully saturated rings. The molecule has 2 heterocycles. The lowest BCUT2D eigenvalue weighted by Crippen LogP contribution is -2.72. The van der Waals surface area contributed by atoms with Crippen molar-refractivity contribution in [2.24, 2.45) is 5.41 Å². The van der Waals surface area contributed by atoms with Crippen molar-refractivity contribution in [3.63, 3.8) is 0 Å². The van der Waals surface area contributed by atoms with Gasteiger partial charge in [0.05, 0.1) is 0 Å². The fourth-order valence-corrected chi connectivity index (χ4v) is 3.24. The lowest BCUT2D eigenvalue weighted by Gasteiger charge is -2.61. The van der Waals surface area contributed by atoms with Crippen molar-refractivity contribution >= 4 is 0 Å². The molecule has 0 aromatic heterocycles. The molecule has 0 bridgehead atoms. The molecule has 0 radical (unpaired) electrons. The number of likely N-dealkylation sites (tertiary alicyclic amines) is 2. The largest absolute Gasteiger partial charge is 0.300 e. The topological polar surface area (TPSA) is 6.48 Å². The lowest BCUT2D eigenvalue weighted by molar-refractivity contribution is -0.128. The highest BCUT2D eigenvalue weighted by molar-refractivity contribution is 5.16. The minimum atomic E-state index is 0.652. The van der Waals surface area contributed by atoms with Gasteiger partial charge >= 0.3 is 0 Å². The fourth-order valence-electron chi connectivity index (χ4n) is 3.24. The van der Waals surface area contributed by atoms with Gasteiger partial charge in [0.2, 0.25) is 0 Å². The van der Waals surface area contributed by atoms with Crippen LogP contribution in [0, 0.1) is 5.41 Å². The number of benzene rings is 1. The number of hydrogen-bond donors (Lipinski definition) is 0. The summed E-state index contributed by atoms with van der Waals surface area (Å²) in [5.41, 5.74) is 2.10. The molecule has 3 rings (SSSR count). The summed E-state index contributed by atoms with van der Waals surface area (Å²) in [6, 6.07) is 11.5. The molecule has 92 valence electrons. The fraction of sp³-hybridized carbons (Fsp3) is 0.600. The van der Waals surface area contributed by atoms with E-state index in [1.54, 1.807) is 0 Å². The van der Waals surface area contributed by atoms with Gasteiger partial charge in [0.25, 0.3) is 0 Å². The van der Waals surface area contributed by atoms with Crippen molar-refractivity contribution in [3.05, 3.63) is 35.9 Å². The molecule has 1 aromatic rings. The van der Waals surface area contributed by atoms with E-state index in [1.807, 2.05) is 0 Å². The highest BCUT2D eigenvalue weighted by atomic mass is 15.3. The van der Waals surface area contributed by atoms with Gasteiger partial charge in [0.15, 0.2) is 0 Å². The second-order valence-corrected chi connectivity index (χ2v) is 6.13. The van der Waals surface area contributed by atoms with Crippen molar-refractivity contribution in [2.45, 2.75) is 26.4 Å². The van der Waals surface area contributed by atoms with Crippen molar-refractivity contribution in [1.82, 2.24) is 9.80 Å². The summed E-state index contributed by atoms with van der Waals surface area (Å²) in [6.07, 6.45) is 0. The third-order valence-corrected chi connectivity index (χ3v) is 4.17. The first kappa shape index (κ1) is 11.2. The highest BCUT2D eigenvalue weighted by Crippen LogP contribution is 2.40. The first-order valence-corrected chi connectivity index (χ1v) is 6.67. The quantitative estimate of drug-likeness (QED) is 0.785. The van der Waals surface area contributed by atoms with Crippen LogP contribution >= 0.6 is 0 Å². The van der Waals surface area contributed by atoms with Gasteiger partial charge in [-0.2, -0.15) is 0 Å². The second-order valence-electron chi connectivity index (χ2n) is 6.13. The van der Waals surface area contributed by atoms with Gasteiger partial charge in [-0.05, 0) is 19.4 Å². The van der Waals surface area contributed by atoms with Crippen LogP contribution in [0.25, 0.3) is 0 Å². The van der Waals surface area contributed by atoms with E-state index >= 15 is 0 Å². The smallest absolute Gasteiger partial charge is 0.0234 e. The van der Waals surface area contributed by atoms with E-state index in [0.29, 0.717) is 5.41 Å². The minimum Gasteiger partial charge on any atom is -0.300 e. The van der Waals surface area contributed by atoms with Gasteiger partial charge in [0.1, 0.15) is 0 Å². The third-order valence-electron chi connectivity index (χ3n) is 4.17. The highest BCUT2D eigenvalue weighted by Gasteiger charge is 2.51. The van der Waals surface area contributed by atoms with E-state index in [1.165, 1.54) is 31.7 Å². The molecule has 17 heavy (non-hydrogen) atoms. The lowest BCUT2D eigenvalue weighted by atomic mass is 9.72. The van der Waals surface area contributed by atoms with Crippen molar-refractivity contribution in [1.29, 1.82) is 0 Å². The maximum Gasteiger partial charge on any atom is 0.0234 e. The van der Waals surface area contributed by atoms with E-state index < -0.39 is 0 Å². The van der Waals surface area contributed by atoms with Crippen LogP contribution < -0.4 is 0 Å². The Morgan fingerprint density at radius 2 is 1.71 bits per heavy atom. The molecule has 2 saturated heterocycles. The summed E-state index contributed by atoms with van der Waals surface area (Å²) >= 11 is 0. The molecule has 0 saturated carbocycles. The summed E-state index contributed by atoms with van der Waals surface area (Å²) in [7, 11) is 0. The zero-order chi connectivity index (χ0) is 11.9. The van der Waals surface area contributed by atoms with E-state index in [2.05, 4.69) is 54.0 Å². The molecule has 0 atom stereocenters. The van der Waals surface area contributed by atoms with Crippen LogP contribution in [0.5, 0.6) is 0 Å². The van der Waals surface area contributed by atoms with Gasteiger partial charge in [-0.1, -0.05) is 30.3 Å². The minimum absolute atomic E-state index is 0.652. The molecule has 2 nitrogen and oxygen atoms in total. The van der Waals surface area contributed by atoms with Crippen LogP contribution in [0.4, 0.5) is 0 Å². The van der Waals surface area contributed by atoms with Gasteiger partial charge in [-0.3, -0.25) is 9.80 Å². The number of hydrogen-bond acceptors (Lipinski definition) is 2. The molecule has 0 aliphatic carbocycles. The van der Waals surface area contributed by atoms with Crippen molar-refractivity contribution in [2.75, 3.05) is 26.2 Å². The Labute approximate surface area is 104 Å². The van der Waals surface area contributed by atoms with Gasteiger partial charge in [-0.25, -0.2) is 0 Å². The normalized spacial score (nSPS) is 23.7. The first-order chi connectivity index (χ1) is 8.17. The molecule has 2 heteroatoms. The van der Waals surface area contributed by atoms with Gasteiger partial charge in [0, 0.05) is 44.2 Å². The summed E-state index contributed by atoms with van der Waals surface area (Å²) < 4.78 is 0. The molecule has 1 spiro atoms. The molecular formula is C15H22N2. The summed E-state index contributed by atoms with van der Waals surface area (Å²) in [6.45, 7) is 11.0. The average Bonchev–Trinajstić information content (AvgIpc) is 2.20. The number of rotatable bonds is 3. The standard InChI is InChI=1S/C15H22N2/c1-13(2)17-11-15(12-17)9-16(10-15)8-14-6-4-3-5-7-14/h3-7,13H,8-12H2,1-2H3. The monoisotopic (exact) mass is 230 g/mol. The Morgan fingerprint density at radius 3 is 2.29 bits per heavy atom. The molecule has 0 unspecified atom stereocenters. The molecule has 0 N–H and O–H groups in total. The SMILES string of the molecule is CC(C)N1CC2(CN(Cc3ccccc3)C2)C1. The zero-order valence-electron chi connectivity index (χ0n) is 10.9. The van der Waals surface area contributed by atoms with Gasteiger partial charge < -0.3 is 0 Å². The molecule has 1 aromatic carbocycles. The average molecular weight is 230 g/mol. The van der Waals surface area contributed by atoms with Crippen LogP contribution in [0.1, 0.15) is 19.4 Å². The second kappa shape index (κ2) is 4.11. The molecular weight excluding hydrogens is 208 g/mol. The molecule has 2 aliphatic rings. The van der Waals surface area contributed by atoms with Crippen molar-refractivity contribution < 1.29 is 0 Å². The van der Waals surface area contributed by atoms with E-state index in [4.69, 9.17) is 0 Å². The van der Waals surface area contributed by atoms with Crippen LogP contribution in [0.2, 0.25) is 0 Å². The zero-order valence-corrected chi connectivity index (χ0v) is 10.9. The molecule has 0 amide bonds. The predicted octanol–water partition coefficient (Wildman–Crippen LogP) is 2.21. The van der Waals surface area contributed by atoms with Gasteiger partial charge in [-0.15, -0.1) is 0 Å². The Morgan fingerprint density at radius 1 is 1.06 bits per heavy atom. The van der Waals surface area contributed by atoms with Crippen molar-refractivity contribution in [3.8, 4) is 0 Å². The Balaban J connectivity index is 1.47. The van der Waals surface area contributed by atoms with E-state index in [9.17, 15) is 0 Å². The van der Waals surface area contributed by atoms with Crippen LogP contribution in [0.15, 0.2) is 30.3 Å². The van der Waals surface area contributed by atoms with E-state index in [-0.39, 0.29) is 0 Å². The Bertz CT molecular complexity index is 371. The molecule has 2 aliphatic heterocycles. The maximum absolute atomic E-state index is 2.58. The Kier molecular flexibility index (Phi) is 2.72. The first-order valence-electron chi connectivity index (χ1n) is 6.67. The number of nitrogens with zero attached hydrogens (tertiary/aromatic N) is 2. The summed E-state index contributed by atoms with van der Waals surface area (Å²) in [5.74, 6) is 0.